The van der Waals surface area contributed by atoms with Gasteiger partial charge in [0, 0.05) is 5.92 Å². The number of fused-ring (bicyclic) bond motifs is 1. The first kappa shape index (κ1) is 12.0. The first-order chi connectivity index (χ1) is 7.44. The second-order valence-electron chi connectivity index (χ2n) is 5.02. The van der Waals surface area contributed by atoms with Gasteiger partial charge in [0.2, 0.25) is 0 Å². The first-order valence-corrected chi connectivity index (χ1v) is 5.74. The van der Waals surface area contributed by atoms with E-state index in [1.807, 2.05) is 20.8 Å². The Bertz CT molecular complexity index is 276. The number of hydrogen-bond donors (Lipinski definition) is 1. The maximum Gasteiger partial charge on any atom is 0.187 e. The summed E-state index contributed by atoms with van der Waals surface area (Å²) in [6.07, 6.45) is 1.02. The monoisotopic (exact) mass is 228 g/mol. The van der Waals surface area contributed by atoms with Crippen molar-refractivity contribution in [1.29, 1.82) is 0 Å². The number of hydrogen-bond acceptors (Lipinski definition) is 4. The highest BCUT2D eigenvalue weighted by Gasteiger charge is 2.54. The third-order valence-electron chi connectivity index (χ3n) is 3.20. The molecule has 0 spiro atoms. The molecule has 0 unspecified atom stereocenters. The van der Waals surface area contributed by atoms with Crippen molar-refractivity contribution in [3.63, 3.8) is 0 Å². The van der Waals surface area contributed by atoms with Crippen molar-refractivity contribution >= 4 is 0 Å². The minimum absolute atomic E-state index is 0.0838. The summed E-state index contributed by atoms with van der Waals surface area (Å²) in [5.41, 5.74) is 0. The second-order valence-corrected chi connectivity index (χ2v) is 5.02. The second kappa shape index (κ2) is 4.11. The van der Waals surface area contributed by atoms with Gasteiger partial charge in [-0.15, -0.1) is 6.58 Å². The zero-order chi connectivity index (χ0) is 11.9. The Morgan fingerprint density at radius 3 is 2.69 bits per heavy atom. The summed E-state index contributed by atoms with van der Waals surface area (Å²) in [6, 6.07) is 0. The molecule has 1 N–H and O–H groups in total. The Morgan fingerprint density at radius 2 is 2.12 bits per heavy atom. The van der Waals surface area contributed by atoms with E-state index in [0.717, 1.165) is 0 Å². The number of aliphatic hydroxyl groups is 1. The molecule has 2 aliphatic heterocycles. The van der Waals surface area contributed by atoms with Crippen LogP contribution in [-0.4, -0.2) is 35.5 Å². The molecule has 0 aliphatic carbocycles. The van der Waals surface area contributed by atoms with Gasteiger partial charge < -0.3 is 19.3 Å². The Morgan fingerprint density at radius 1 is 1.44 bits per heavy atom. The molecule has 92 valence electrons. The lowest BCUT2D eigenvalue weighted by Crippen LogP contribution is -2.35. The maximum absolute atomic E-state index is 9.90. The highest BCUT2D eigenvalue weighted by molar-refractivity contribution is 4.94. The molecule has 0 radical (unpaired) electrons. The van der Waals surface area contributed by atoms with Crippen LogP contribution >= 0.6 is 0 Å². The van der Waals surface area contributed by atoms with Crippen molar-refractivity contribution in [2.45, 2.75) is 57.6 Å². The van der Waals surface area contributed by atoms with Crippen molar-refractivity contribution < 1.29 is 19.3 Å². The third kappa shape index (κ3) is 2.02. The largest absolute Gasteiger partial charge is 0.390 e. The molecular formula is C12H20O4. The van der Waals surface area contributed by atoms with Crippen LogP contribution in [0.5, 0.6) is 0 Å². The van der Waals surface area contributed by atoms with E-state index in [9.17, 15) is 5.11 Å². The Labute approximate surface area is 96.2 Å². The molecule has 4 heteroatoms. The van der Waals surface area contributed by atoms with Gasteiger partial charge >= 0.3 is 0 Å². The van der Waals surface area contributed by atoms with Gasteiger partial charge in [-0.1, -0.05) is 13.0 Å². The van der Waals surface area contributed by atoms with E-state index in [4.69, 9.17) is 14.2 Å². The molecule has 2 fully saturated rings. The summed E-state index contributed by atoms with van der Waals surface area (Å²) in [4.78, 5) is 0. The smallest absolute Gasteiger partial charge is 0.187 e. The number of ether oxygens (including phenoxy) is 3. The van der Waals surface area contributed by atoms with E-state index in [-0.39, 0.29) is 24.4 Å². The van der Waals surface area contributed by atoms with Crippen LogP contribution in [-0.2, 0) is 14.2 Å². The lowest BCUT2D eigenvalue weighted by Gasteiger charge is -2.26. The summed E-state index contributed by atoms with van der Waals surface area (Å²) in [5.74, 6) is -0.459. The van der Waals surface area contributed by atoms with E-state index in [2.05, 4.69) is 6.58 Å². The predicted molar refractivity (Wildman–Crippen MR) is 58.7 cm³/mol. The van der Waals surface area contributed by atoms with E-state index in [1.165, 1.54) is 0 Å². The minimum atomic E-state index is -0.585. The molecule has 0 saturated carbocycles. The third-order valence-corrected chi connectivity index (χ3v) is 3.20. The van der Waals surface area contributed by atoms with Crippen LogP contribution in [0.15, 0.2) is 12.7 Å². The molecule has 2 rings (SSSR count). The minimum Gasteiger partial charge on any atom is -0.390 e. The molecular weight excluding hydrogens is 208 g/mol. The van der Waals surface area contributed by atoms with Crippen LogP contribution in [0.2, 0.25) is 0 Å². The number of rotatable bonds is 3. The molecule has 0 bridgehead atoms. The molecule has 0 aromatic carbocycles. The Balaban J connectivity index is 2.02. The topological polar surface area (TPSA) is 47.9 Å². The molecule has 2 saturated heterocycles. The summed E-state index contributed by atoms with van der Waals surface area (Å²) < 4.78 is 17.1. The van der Waals surface area contributed by atoms with Crippen molar-refractivity contribution in [3.05, 3.63) is 12.7 Å². The van der Waals surface area contributed by atoms with Crippen LogP contribution < -0.4 is 0 Å². The van der Waals surface area contributed by atoms with Gasteiger partial charge in [0.1, 0.15) is 6.10 Å². The number of aliphatic hydroxyl groups excluding tert-OH is 1. The summed E-state index contributed by atoms with van der Waals surface area (Å²) in [5, 5.41) is 9.90. The van der Waals surface area contributed by atoms with Crippen molar-refractivity contribution in [2.75, 3.05) is 0 Å². The standard InChI is InChI=1S/C12H20O4/c1-5-6-8(13)9-7(2)10-11(14-9)16-12(3,4)15-10/h5,7-11,13H,1,6H2,2-4H3/t7-,8-,9+,10+,11+/m0/s1. The molecule has 5 atom stereocenters. The molecule has 2 heterocycles. The first-order valence-electron chi connectivity index (χ1n) is 5.74. The van der Waals surface area contributed by atoms with Crippen molar-refractivity contribution in [1.82, 2.24) is 0 Å². The average molecular weight is 228 g/mol. The SMILES string of the molecule is C=CC[C@H](O)[C@@H]1O[C@@H]2OC(C)(C)O[C@@H]2[C@H]1C. The predicted octanol–water partition coefficient (Wildman–Crippen LogP) is 1.44. The van der Waals surface area contributed by atoms with E-state index in [1.54, 1.807) is 6.08 Å². The van der Waals surface area contributed by atoms with Crippen LogP contribution in [0, 0.1) is 5.92 Å². The normalized spacial score (nSPS) is 43.0. The fraction of sp³-hybridized carbons (Fsp3) is 0.833. The zero-order valence-corrected chi connectivity index (χ0v) is 10.1. The average Bonchev–Trinajstić information content (AvgIpc) is 2.62. The Kier molecular flexibility index (Phi) is 3.09. The van der Waals surface area contributed by atoms with Crippen molar-refractivity contribution in [2.24, 2.45) is 5.92 Å². The molecule has 2 aliphatic rings. The fourth-order valence-corrected chi connectivity index (χ4v) is 2.43. The molecule has 0 amide bonds. The van der Waals surface area contributed by atoms with Gasteiger partial charge in [0.05, 0.1) is 12.2 Å². The van der Waals surface area contributed by atoms with Crippen molar-refractivity contribution in [3.8, 4) is 0 Å². The fourth-order valence-electron chi connectivity index (χ4n) is 2.43. The van der Waals surface area contributed by atoms with Gasteiger partial charge in [-0.3, -0.25) is 0 Å². The molecule has 0 aromatic heterocycles. The molecule has 4 nitrogen and oxygen atoms in total. The molecule has 16 heavy (non-hydrogen) atoms. The Hall–Kier alpha value is -0.420. The lowest BCUT2D eigenvalue weighted by molar-refractivity contribution is -0.219. The van der Waals surface area contributed by atoms with Gasteiger partial charge in [-0.2, -0.15) is 0 Å². The van der Waals surface area contributed by atoms with Gasteiger partial charge in [-0.05, 0) is 20.3 Å². The summed E-state index contributed by atoms with van der Waals surface area (Å²) in [6.45, 7) is 9.38. The van der Waals surface area contributed by atoms with Crippen LogP contribution in [0.25, 0.3) is 0 Å². The van der Waals surface area contributed by atoms with Gasteiger partial charge in [0.15, 0.2) is 12.1 Å². The van der Waals surface area contributed by atoms with E-state index < -0.39 is 11.9 Å². The van der Waals surface area contributed by atoms with Crippen LogP contribution in [0.3, 0.4) is 0 Å². The van der Waals surface area contributed by atoms with E-state index in [0.29, 0.717) is 6.42 Å². The lowest BCUT2D eigenvalue weighted by atomic mass is 9.95. The quantitative estimate of drug-likeness (QED) is 0.742. The highest BCUT2D eigenvalue weighted by atomic mass is 16.8. The van der Waals surface area contributed by atoms with Crippen LogP contribution in [0.4, 0.5) is 0 Å². The van der Waals surface area contributed by atoms with E-state index >= 15 is 0 Å². The van der Waals surface area contributed by atoms with Crippen LogP contribution in [0.1, 0.15) is 27.2 Å². The van der Waals surface area contributed by atoms with Gasteiger partial charge in [-0.25, -0.2) is 0 Å². The zero-order valence-electron chi connectivity index (χ0n) is 10.1. The van der Waals surface area contributed by atoms with Gasteiger partial charge in [0.25, 0.3) is 0 Å². The molecule has 0 aromatic rings. The summed E-state index contributed by atoms with van der Waals surface area (Å²) in [7, 11) is 0. The maximum atomic E-state index is 9.90. The summed E-state index contributed by atoms with van der Waals surface area (Å²) >= 11 is 0. The highest BCUT2D eigenvalue weighted by Crippen LogP contribution is 2.41.